The van der Waals surface area contributed by atoms with Gasteiger partial charge in [-0.2, -0.15) is 0 Å². The van der Waals surface area contributed by atoms with Gasteiger partial charge in [0, 0.05) is 23.5 Å². The number of piperidine rings is 1. The first-order valence-corrected chi connectivity index (χ1v) is 7.63. The lowest BCUT2D eigenvalue weighted by Crippen LogP contribution is -2.46. The van der Waals surface area contributed by atoms with Gasteiger partial charge in [-0.15, -0.1) is 0 Å². The van der Waals surface area contributed by atoms with Crippen molar-refractivity contribution in [2.45, 2.75) is 32.7 Å². The Hall–Kier alpha value is -1.81. The highest BCUT2D eigenvalue weighted by Crippen LogP contribution is 2.23. The van der Waals surface area contributed by atoms with Crippen molar-refractivity contribution in [3.8, 4) is 0 Å². The number of carbonyl (C=O) groups excluding carboxylic acids is 1. The first kappa shape index (κ1) is 14.1. The molecule has 3 rings (SSSR count). The van der Waals surface area contributed by atoms with Crippen molar-refractivity contribution < 1.29 is 4.79 Å². The van der Waals surface area contributed by atoms with E-state index in [1.807, 2.05) is 13.0 Å². The van der Waals surface area contributed by atoms with Crippen molar-refractivity contribution in [2.24, 2.45) is 0 Å². The number of fused-ring (bicyclic) bond motifs is 1. The summed E-state index contributed by atoms with van der Waals surface area (Å²) in [6, 6.07) is 6.49. The first-order valence-electron chi connectivity index (χ1n) is 7.63. The van der Waals surface area contributed by atoms with Gasteiger partial charge in [0.2, 0.25) is 0 Å². The molecular formula is C17H23N3O. The van der Waals surface area contributed by atoms with E-state index in [0.29, 0.717) is 5.69 Å². The minimum atomic E-state index is 0.0154. The summed E-state index contributed by atoms with van der Waals surface area (Å²) in [5, 5.41) is 4.31. The standard InChI is InChI=1S/C17H23N3O/c1-11-6-7-15-14(9-11)12(2)16(19-15)17(21)18-13-5-4-8-20(3)10-13/h6-7,9,13,19H,4-5,8,10H2,1-3H3,(H,18,21)/t13-/m0/s1. The maximum Gasteiger partial charge on any atom is 0.268 e. The van der Waals surface area contributed by atoms with Crippen LogP contribution in [0.4, 0.5) is 0 Å². The Morgan fingerprint density at radius 3 is 2.95 bits per heavy atom. The van der Waals surface area contributed by atoms with E-state index in [1.165, 1.54) is 5.56 Å². The summed E-state index contributed by atoms with van der Waals surface area (Å²) in [6.07, 6.45) is 2.21. The number of rotatable bonds is 2. The predicted octanol–water partition coefficient (Wildman–Crippen LogP) is 2.61. The summed E-state index contributed by atoms with van der Waals surface area (Å²) < 4.78 is 0. The number of hydrogen-bond donors (Lipinski definition) is 2. The molecule has 2 aromatic rings. The van der Waals surface area contributed by atoms with Crippen LogP contribution in [0.25, 0.3) is 10.9 Å². The van der Waals surface area contributed by atoms with Gasteiger partial charge in [-0.1, -0.05) is 11.6 Å². The second-order valence-corrected chi connectivity index (χ2v) is 6.25. The fourth-order valence-corrected chi connectivity index (χ4v) is 3.21. The SMILES string of the molecule is Cc1ccc2[nH]c(C(=O)N[C@H]3CCCN(C)C3)c(C)c2c1. The minimum Gasteiger partial charge on any atom is -0.350 e. The third-order valence-corrected chi connectivity index (χ3v) is 4.40. The molecule has 1 atom stereocenters. The lowest BCUT2D eigenvalue weighted by Gasteiger charge is -2.30. The molecule has 1 saturated heterocycles. The molecule has 1 aliphatic heterocycles. The van der Waals surface area contributed by atoms with E-state index >= 15 is 0 Å². The summed E-state index contributed by atoms with van der Waals surface area (Å²) in [7, 11) is 2.11. The zero-order valence-corrected chi connectivity index (χ0v) is 13.0. The molecule has 4 heteroatoms. The van der Waals surface area contributed by atoms with Gasteiger partial charge in [0.15, 0.2) is 0 Å². The Balaban J connectivity index is 1.82. The number of aromatic nitrogens is 1. The van der Waals surface area contributed by atoms with Crippen LogP contribution in [0.3, 0.4) is 0 Å². The molecule has 0 unspecified atom stereocenters. The summed E-state index contributed by atoms with van der Waals surface area (Å²) in [4.78, 5) is 18.1. The molecule has 0 saturated carbocycles. The number of H-pyrrole nitrogens is 1. The van der Waals surface area contributed by atoms with Crippen LogP contribution in [0.2, 0.25) is 0 Å². The number of nitrogens with one attached hydrogen (secondary N) is 2. The molecule has 1 aromatic heterocycles. The van der Waals surface area contributed by atoms with E-state index in [4.69, 9.17) is 0 Å². The third-order valence-electron chi connectivity index (χ3n) is 4.40. The number of likely N-dealkylation sites (N-methyl/N-ethyl adjacent to an activating group) is 1. The van der Waals surface area contributed by atoms with Crippen molar-refractivity contribution in [3.05, 3.63) is 35.0 Å². The number of aromatic amines is 1. The van der Waals surface area contributed by atoms with Crippen molar-refractivity contribution in [1.82, 2.24) is 15.2 Å². The lowest BCUT2D eigenvalue weighted by atomic mass is 10.1. The zero-order chi connectivity index (χ0) is 15.0. The van der Waals surface area contributed by atoms with Gasteiger partial charge in [0.25, 0.3) is 5.91 Å². The van der Waals surface area contributed by atoms with Crippen molar-refractivity contribution in [3.63, 3.8) is 0 Å². The highest BCUT2D eigenvalue weighted by Gasteiger charge is 2.21. The molecule has 1 amide bonds. The fourth-order valence-electron chi connectivity index (χ4n) is 3.21. The van der Waals surface area contributed by atoms with Crippen molar-refractivity contribution in [1.29, 1.82) is 0 Å². The summed E-state index contributed by atoms with van der Waals surface area (Å²) in [5.74, 6) is 0.0154. The maximum absolute atomic E-state index is 12.5. The Labute approximate surface area is 125 Å². The monoisotopic (exact) mass is 285 g/mol. The molecule has 0 radical (unpaired) electrons. The Morgan fingerprint density at radius 2 is 2.19 bits per heavy atom. The summed E-state index contributed by atoms with van der Waals surface area (Å²) in [5.41, 5.74) is 3.98. The van der Waals surface area contributed by atoms with Crippen LogP contribution in [0, 0.1) is 13.8 Å². The average molecular weight is 285 g/mol. The Kier molecular flexibility index (Phi) is 3.72. The van der Waals surface area contributed by atoms with Gasteiger partial charge in [0.1, 0.15) is 5.69 Å². The van der Waals surface area contributed by atoms with Crippen LogP contribution in [-0.2, 0) is 0 Å². The molecule has 1 aromatic carbocycles. The molecule has 2 N–H and O–H groups in total. The van der Waals surface area contributed by atoms with Crippen LogP contribution < -0.4 is 5.32 Å². The summed E-state index contributed by atoms with van der Waals surface area (Å²) >= 11 is 0. The van der Waals surface area contributed by atoms with E-state index in [2.05, 4.69) is 41.3 Å². The van der Waals surface area contributed by atoms with Crippen LogP contribution in [0.15, 0.2) is 18.2 Å². The molecule has 0 aliphatic carbocycles. The van der Waals surface area contributed by atoms with E-state index in [1.54, 1.807) is 0 Å². The number of aryl methyl sites for hydroxylation is 2. The van der Waals surface area contributed by atoms with E-state index in [9.17, 15) is 4.79 Å². The van der Waals surface area contributed by atoms with Gasteiger partial charge in [0.05, 0.1) is 0 Å². The van der Waals surface area contributed by atoms with E-state index < -0.39 is 0 Å². The van der Waals surface area contributed by atoms with Crippen LogP contribution in [-0.4, -0.2) is 42.0 Å². The number of amides is 1. The van der Waals surface area contributed by atoms with Crippen LogP contribution in [0.5, 0.6) is 0 Å². The molecule has 4 nitrogen and oxygen atoms in total. The van der Waals surface area contributed by atoms with Gasteiger partial charge >= 0.3 is 0 Å². The highest BCUT2D eigenvalue weighted by atomic mass is 16.2. The quantitative estimate of drug-likeness (QED) is 0.891. The lowest BCUT2D eigenvalue weighted by molar-refractivity contribution is 0.0907. The van der Waals surface area contributed by atoms with Gasteiger partial charge in [-0.25, -0.2) is 0 Å². The minimum absolute atomic E-state index is 0.0154. The van der Waals surface area contributed by atoms with Gasteiger partial charge in [-0.05, 0) is 58.0 Å². The van der Waals surface area contributed by atoms with Crippen molar-refractivity contribution in [2.75, 3.05) is 20.1 Å². The number of carbonyl (C=O) groups is 1. The zero-order valence-electron chi connectivity index (χ0n) is 13.0. The molecule has 0 spiro atoms. The molecule has 112 valence electrons. The number of nitrogens with zero attached hydrogens (tertiary/aromatic N) is 1. The molecule has 1 aliphatic rings. The number of likely N-dealkylation sites (tertiary alicyclic amines) is 1. The molecular weight excluding hydrogens is 262 g/mol. The maximum atomic E-state index is 12.5. The fraction of sp³-hybridized carbons (Fsp3) is 0.471. The van der Waals surface area contributed by atoms with E-state index in [0.717, 1.165) is 42.4 Å². The third kappa shape index (κ3) is 2.81. The largest absolute Gasteiger partial charge is 0.350 e. The summed E-state index contributed by atoms with van der Waals surface area (Å²) in [6.45, 7) is 6.14. The number of hydrogen-bond acceptors (Lipinski definition) is 2. The Bertz CT molecular complexity index is 674. The van der Waals surface area contributed by atoms with Crippen LogP contribution >= 0.6 is 0 Å². The molecule has 2 heterocycles. The highest BCUT2D eigenvalue weighted by molar-refractivity contribution is 6.01. The average Bonchev–Trinajstić information content (AvgIpc) is 2.76. The van der Waals surface area contributed by atoms with Gasteiger partial charge < -0.3 is 15.2 Å². The van der Waals surface area contributed by atoms with Crippen molar-refractivity contribution >= 4 is 16.8 Å². The second kappa shape index (κ2) is 5.53. The topological polar surface area (TPSA) is 48.1 Å². The number of benzene rings is 1. The molecule has 1 fully saturated rings. The van der Waals surface area contributed by atoms with E-state index in [-0.39, 0.29) is 11.9 Å². The first-order chi connectivity index (χ1) is 10.0. The second-order valence-electron chi connectivity index (χ2n) is 6.25. The van der Waals surface area contributed by atoms with Crippen LogP contribution in [0.1, 0.15) is 34.5 Å². The van der Waals surface area contributed by atoms with Gasteiger partial charge in [-0.3, -0.25) is 4.79 Å². The molecule has 21 heavy (non-hydrogen) atoms. The predicted molar refractivity (Wildman–Crippen MR) is 85.8 cm³/mol. The smallest absolute Gasteiger partial charge is 0.268 e. The normalized spacial score (nSPS) is 19.9. The Morgan fingerprint density at radius 1 is 1.38 bits per heavy atom. The molecule has 0 bridgehead atoms.